The zero-order chi connectivity index (χ0) is 18.9. The van der Waals surface area contributed by atoms with Gasteiger partial charge >= 0.3 is 0 Å². The quantitative estimate of drug-likeness (QED) is 0.262. The number of carbonyl (C=O) groups is 1. The molecule has 0 radical (unpaired) electrons. The Hall–Kier alpha value is -1.51. The number of benzene rings is 1. The SMILES string of the molecule is CCCCCCCCCCCCCCCCNC(=O)c1cccc(N)c1. The van der Waals surface area contributed by atoms with Crippen molar-refractivity contribution in [2.75, 3.05) is 12.3 Å². The van der Waals surface area contributed by atoms with Gasteiger partial charge in [-0.1, -0.05) is 96.5 Å². The number of nitrogens with one attached hydrogen (secondary N) is 1. The molecule has 0 heterocycles. The number of hydrogen-bond acceptors (Lipinski definition) is 2. The molecule has 0 aliphatic rings. The molecule has 0 fully saturated rings. The van der Waals surface area contributed by atoms with Gasteiger partial charge in [0.2, 0.25) is 0 Å². The van der Waals surface area contributed by atoms with Crippen molar-refractivity contribution in [3.8, 4) is 0 Å². The largest absolute Gasteiger partial charge is 0.399 e. The molecule has 3 nitrogen and oxygen atoms in total. The Morgan fingerprint density at radius 3 is 1.81 bits per heavy atom. The monoisotopic (exact) mass is 360 g/mol. The second-order valence-electron chi connectivity index (χ2n) is 7.48. The van der Waals surface area contributed by atoms with Crippen LogP contribution in [-0.2, 0) is 0 Å². The van der Waals surface area contributed by atoms with Gasteiger partial charge in [-0.05, 0) is 24.6 Å². The molecule has 3 N–H and O–H groups in total. The van der Waals surface area contributed by atoms with Crippen molar-refractivity contribution >= 4 is 11.6 Å². The number of carbonyl (C=O) groups excluding carboxylic acids is 1. The Bertz CT molecular complexity index is 473. The van der Waals surface area contributed by atoms with E-state index in [4.69, 9.17) is 5.73 Å². The van der Waals surface area contributed by atoms with Gasteiger partial charge in [0.15, 0.2) is 0 Å². The van der Waals surface area contributed by atoms with Crippen molar-refractivity contribution in [3.05, 3.63) is 29.8 Å². The molecule has 0 unspecified atom stereocenters. The summed E-state index contributed by atoms with van der Waals surface area (Å²) < 4.78 is 0. The van der Waals surface area contributed by atoms with E-state index in [1.807, 2.05) is 6.07 Å². The van der Waals surface area contributed by atoms with E-state index in [1.54, 1.807) is 18.2 Å². The van der Waals surface area contributed by atoms with Crippen LogP contribution in [0.2, 0.25) is 0 Å². The number of nitrogen functional groups attached to an aromatic ring is 1. The molecule has 0 aliphatic heterocycles. The number of unbranched alkanes of at least 4 members (excludes halogenated alkanes) is 13. The molecular weight excluding hydrogens is 320 g/mol. The lowest BCUT2D eigenvalue weighted by Crippen LogP contribution is -2.24. The maximum Gasteiger partial charge on any atom is 0.251 e. The van der Waals surface area contributed by atoms with Gasteiger partial charge in [0.25, 0.3) is 5.91 Å². The Morgan fingerprint density at radius 1 is 0.808 bits per heavy atom. The summed E-state index contributed by atoms with van der Waals surface area (Å²) in [7, 11) is 0. The van der Waals surface area contributed by atoms with E-state index in [2.05, 4.69) is 12.2 Å². The van der Waals surface area contributed by atoms with Crippen LogP contribution in [0.15, 0.2) is 24.3 Å². The highest BCUT2D eigenvalue weighted by Crippen LogP contribution is 2.13. The summed E-state index contributed by atoms with van der Waals surface area (Å²) in [6, 6.07) is 7.14. The van der Waals surface area contributed by atoms with Crippen LogP contribution in [0.1, 0.15) is 107 Å². The molecule has 0 saturated heterocycles. The van der Waals surface area contributed by atoms with E-state index in [1.165, 1.54) is 83.5 Å². The van der Waals surface area contributed by atoms with Crippen LogP contribution in [-0.4, -0.2) is 12.5 Å². The predicted molar refractivity (Wildman–Crippen MR) is 113 cm³/mol. The van der Waals surface area contributed by atoms with Crippen LogP contribution in [0.25, 0.3) is 0 Å². The normalized spacial score (nSPS) is 10.8. The third-order valence-electron chi connectivity index (χ3n) is 4.96. The number of amides is 1. The average molecular weight is 361 g/mol. The van der Waals surface area contributed by atoms with Crippen LogP contribution in [0.4, 0.5) is 5.69 Å². The first-order chi connectivity index (χ1) is 12.7. The highest BCUT2D eigenvalue weighted by molar-refractivity contribution is 5.94. The van der Waals surface area contributed by atoms with Crippen LogP contribution in [0, 0.1) is 0 Å². The van der Waals surface area contributed by atoms with Gasteiger partial charge in [-0.25, -0.2) is 0 Å². The smallest absolute Gasteiger partial charge is 0.251 e. The van der Waals surface area contributed by atoms with Gasteiger partial charge in [-0.2, -0.15) is 0 Å². The zero-order valence-electron chi connectivity index (χ0n) is 16.9. The number of anilines is 1. The van der Waals surface area contributed by atoms with Crippen molar-refractivity contribution in [1.29, 1.82) is 0 Å². The number of nitrogens with two attached hydrogens (primary N) is 1. The molecule has 0 atom stereocenters. The van der Waals surface area contributed by atoms with Gasteiger partial charge in [0, 0.05) is 17.8 Å². The van der Waals surface area contributed by atoms with Gasteiger partial charge in [-0.15, -0.1) is 0 Å². The molecule has 0 bridgehead atoms. The Balaban J connectivity index is 1.83. The Morgan fingerprint density at radius 2 is 1.31 bits per heavy atom. The third-order valence-corrected chi connectivity index (χ3v) is 4.96. The minimum atomic E-state index is -0.0213. The van der Waals surface area contributed by atoms with Crippen molar-refractivity contribution in [2.24, 2.45) is 0 Å². The number of hydrogen-bond donors (Lipinski definition) is 2. The third kappa shape index (κ3) is 11.9. The highest BCUT2D eigenvalue weighted by Gasteiger charge is 2.04. The molecule has 1 rings (SSSR count). The van der Waals surface area contributed by atoms with Crippen molar-refractivity contribution in [2.45, 2.75) is 96.8 Å². The molecule has 1 aromatic carbocycles. The lowest BCUT2D eigenvalue weighted by Gasteiger charge is -2.06. The summed E-state index contributed by atoms with van der Waals surface area (Å²) in [6.07, 6.45) is 18.9. The van der Waals surface area contributed by atoms with Crippen LogP contribution < -0.4 is 11.1 Å². The summed E-state index contributed by atoms with van der Waals surface area (Å²) >= 11 is 0. The number of rotatable bonds is 16. The standard InChI is InChI=1S/C23H40N2O/c1-2-3-4-5-6-7-8-9-10-11-12-13-14-15-19-25-23(26)21-17-16-18-22(24)20-21/h16-18,20H,2-15,19,24H2,1H3,(H,25,26). The second-order valence-corrected chi connectivity index (χ2v) is 7.48. The maximum absolute atomic E-state index is 12.0. The fourth-order valence-corrected chi connectivity index (χ4v) is 3.30. The summed E-state index contributed by atoms with van der Waals surface area (Å²) in [5.74, 6) is -0.0213. The molecule has 0 aromatic heterocycles. The Labute approximate surface area is 161 Å². The molecular formula is C23H40N2O. The average Bonchev–Trinajstić information content (AvgIpc) is 2.64. The van der Waals surface area contributed by atoms with Crippen LogP contribution >= 0.6 is 0 Å². The molecule has 0 aliphatic carbocycles. The van der Waals surface area contributed by atoms with Crippen molar-refractivity contribution in [3.63, 3.8) is 0 Å². The summed E-state index contributed by atoms with van der Waals surface area (Å²) in [6.45, 7) is 3.03. The second kappa shape index (κ2) is 15.7. The van der Waals surface area contributed by atoms with E-state index in [9.17, 15) is 4.79 Å². The minimum absolute atomic E-state index is 0.0213. The van der Waals surface area contributed by atoms with E-state index >= 15 is 0 Å². The molecule has 1 amide bonds. The van der Waals surface area contributed by atoms with Gasteiger partial charge in [0.05, 0.1) is 0 Å². The van der Waals surface area contributed by atoms with E-state index in [-0.39, 0.29) is 5.91 Å². The van der Waals surface area contributed by atoms with Gasteiger partial charge in [0.1, 0.15) is 0 Å². The highest BCUT2D eigenvalue weighted by atomic mass is 16.1. The molecule has 3 heteroatoms. The van der Waals surface area contributed by atoms with E-state index in [0.717, 1.165) is 13.0 Å². The first kappa shape index (κ1) is 22.5. The van der Waals surface area contributed by atoms with Crippen molar-refractivity contribution in [1.82, 2.24) is 5.32 Å². The first-order valence-electron chi connectivity index (χ1n) is 10.9. The van der Waals surface area contributed by atoms with Gasteiger partial charge in [-0.3, -0.25) is 4.79 Å². The van der Waals surface area contributed by atoms with E-state index in [0.29, 0.717) is 11.3 Å². The first-order valence-corrected chi connectivity index (χ1v) is 10.9. The molecule has 148 valence electrons. The van der Waals surface area contributed by atoms with Crippen LogP contribution in [0.3, 0.4) is 0 Å². The summed E-state index contributed by atoms with van der Waals surface area (Å²) in [5.41, 5.74) is 6.98. The lowest BCUT2D eigenvalue weighted by atomic mass is 10.0. The maximum atomic E-state index is 12.0. The summed E-state index contributed by atoms with van der Waals surface area (Å²) in [5, 5.41) is 2.98. The molecule has 0 spiro atoms. The lowest BCUT2D eigenvalue weighted by molar-refractivity contribution is 0.0953. The van der Waals surface area contributed by atoms with Gasteiger partial charge < -0.3 is 11.1 Å². The predicted octanol–water partition coefficient (Wildman–Crippen LogP) is 6.48. The summed E-state index contributed by atoms with van der Waals surface area (Å²) in [4.78, 5) is 12.0. The zero-order valence-corrected chi connectivity index (χ0v) is 16.9. The fourth-order valence-electron chi connectivity index (χ4n) is 3.30. The van der Waals surface area contributed by atoms with Crippen molar-refractivity contribution < 1.29 is 4.79 Å². The van der Waals surface area contributed by atoms with Crippen LogP contribution in [0.5, 0.6) is 0 Å². The Kier molecular flexibility index (Phi) is 13.6. The topological polar surface area (TPSA) is 55.1 Å². The molecule has 0 saturated carbocycles. The minimum Gasteiger partial charge on any atom is -0.399 e. The fraction of sp³-hybridized carbons (Fsp3) is 0.696. The van der Waals surface area contributed by atoms with E-state index < -0.39 is 0 Å². The molecule has 26 heavy (non-hydrogen) atoms. The molecule has 1 aromatic rings.